The number of rotatable bonds is 6. The van der Waals surface area contributed by atoms with Gasteiger partial charge in [-0.1, -0.05) is 17.7 Å². The Morgan fingerprint density at radius 3 is 2.43 bits per heavy atom. The molecule has 6 rings (SSSR count). The van der Waals surface area contributed by atoms with Crippen LogP contribution in [0.5, 0.6) is 0 Å². The first kappa shape index (κ1) is 20.8. The van der Waals surface area contributed by atoms with Crippen molar-refractivity contribution >= 4 is 27.5 Å². The molecule has 1 unspecified atom stereocenters. The third-order valence-electron chi connectivity index (χ3n) is 8.01. The van der Waals surface area contributed by atoms with Crippen LogP contribution in [-0.4, -0.2) is 37.8 Å². The summed E-state index contributed by atoms with van der Waals surface area (Å²) in [6.45, 7) is 1.08. The van der Waals surface area contributed by atoms with Crippen molar-refractivity contribution in [1.29, 1.82) is 0 Å². The highest BCUT2D eigenvalue weighted by Crippen LogP contribution is 2.60. The normalized spacial score (nSPS) is 35.6. The van der Waals surface area contributed by atoms with E-state index in [9.17, 15) is 13.2 Å². The molecule has 1 aliphatic heterocycles. The minimum atomic E-state index is -3.56. The van der Waals surface area contributed by atoms with Gasteiger partial charge in [0.05, 0.1) is 4.90 Å². The van der Waals surface area contributed by atoms with Gasteiger partial charge in [0.1, 0.15) is 0 Å². The molecule has 5 nitrogen and oxygen atoms in total. The summed E-state index contributed by atoms with van der Waals surface area (Å²) in [5.74, 6) is 2.46. The van der Waals surface area contributed by atoms with Crippen LogP contribution in [0, 0.1) is 23.2 Å². The highest BCUT2D eigenvalue weighted by atomic mass is 35.5. The predicted octanol–water partition coefficient (Wildman–Crippen LogP) is 4.22. The lowest BCUT2D eigenvalue weighted by Crippen LogP contribution is -2.54. The Kier molecular flexibility index (Phi) is 5.39. The Morgan fingerprint density at radius 1 is 1.13 bits per heavy atom. The number of hydrogen-bond acceptors (Lipinski definition) is 3. The van der Waals surface area contributed by atoms with Gasteiger partial charge in [0, 0.05) is 29.6 Å². The van der Waals surface area contributed by atoms with Crippen molar-refractivity contribution in [3.8, 4) is 0 Å². The van der Waals surface area contributed by atoms with Crippen molar-refractivity contribution in [3.63, 3.8) is 0 Å². The summed E-state index contributed by atoms with van der Waals surface area (Å²) in [6.07, 6.45) is 9.51. The van der Waals surface area contributed by atoms with E-state index >= 15 is 0 Å². The number of benzene rings is 1. The Labute approximate surface area is 184 Å². The maximum Gasteiger partial charge on any atom is 0.243 e. The zero-order valence-electron chi connectivity index (χ0n) is 17.4. The first-order valence-electron chi connectivity index (χ1n) is 11.4. The minimum Gasteiger partial charge on any atom is -0.356 e. The van der Waals surface area contributed by atoms with E-state index in [1.807, 2.05) is 0 Å². The van der Waals surface area contributed by atoms with E-state index in [1.165, 1.54) is 25.3 Å². The van der Waals surface area contributed by atoms with Crippen molar-refractivity contribution in [2.45, 2.75) is 68.7 Å². The van der Waals surface area contributed by atoms with Gasteiger partial charge in [-0.3, -0.25) is 4.79 Å². The molecule has 7 heteroatoms. The molecule has 0 aromatic heterocycles. The van der Waals surface area contributed by atoms with Gasteiger partial charge in [0.15, 0.2) is 0 Å². The third-order valence-corrected chi connectivity index (χ3v) is 10.2. The number of nitrogens with one attached hydrogen (secondary N) is 1. The predicted molar refractivity (Wildman–Crippen MR) is 117 cm³/mol. The average molecular weight is 451 g/mol. The number of carbonyl (C=O) groups excluding carboxylic acids is 1. The third kappa shape index (κ3) is 3.69. The fourth-order valence-corrected chi connectivity index (χ4v) is 9.13. The van der Waals surface area contributed by atoms with Crippen LogP contribution in [-0.2, 0) is 14.8 Å². The highest BCUT2D eigenvalue weighted by molar-refractivity contribution is 7.89. The van der Waals surface area contributed by atoms with Crippen molar-refractivity contribution in [2.75, 3.05) is 13.1 Å². The molecule has 1 aromatic rings. The lowest BCUT2D eigenvalue weighted by Gasteiger charge is -2.55. The van der Waals surface area contributed by atoms with E-state index in [2.05, 4.69) is 5.32 Å². The first-order valence-corrected chi connectivity index (χ1v) is 13.2. The summed E-state index contributed by atoms with van der Waals surface area (Å²) in [4.78, 5) is 13.4. The monoisotopic (exact) mass is 450 g/mol. The standard InChI is InChI=1S/C23H31ClN2O3S/c24-19-3-1-5-21(12-19)30(28,29)26-8-2-4-20(26)6-7-25-22(27)23-13-16-9-17(14-23)11-18(10-16)15-23/h1,3,5,12,16-18,20H,2,4,6-11,13-15H2,(H,25,27). The van der Waals surface area contributed by atoms with Crippen LogP contribution in [0.1, 0.15) is 57.8 Å². The van der Waals surface area contributed by atoms with E-state index < -0.39 is 10.0 Å². The van der Waals surface area contributed by atoms with Crippen molar-refractivity contribution in [3.05, 3.63) is 29.3 Å². The van der Waals surface area contributed by atoms with Crippen LogP contribution < -0.4 is 5.32 Å². The summed E-state index contributed by atoms with van der Waals surface area (Å²) in [6, 6.07) is 6.41. The molecule has 1 heterocycles. The Balaban J connectivity index is 1.21. The molecule has 1 saturated heterocycles. The van der Waals surface area contributed by atoms with Crippen molar-refractivity contribution in [2.24, 2.45) is 23.2 Å². The Bertz CT molecular complexity index is 897. The van der Waals surface area contributed by atoms with E-state index in [0.717, 1.165) is 49.9 Å². The number of amides is 1. The number of halogens is 1. The van der Waals surface area contributed by atoms with Crippen LogP contribution in [0.2, 0.25) is 5.02 Å². The van der Waals surface area contributed by atoms with Crippen LogP contribution in [0.3, 0.4) is 0 Å². The van der Waals surface area contributed by atoms with E-state index in [-0.39, 0.29) is 22.3 Å². The van der Waals surface area contributed by atoms with Gasteiger partial charge in [0.25, 0.3) is 0 Å². The molecule has 4 aliphatic carbocycles. The molecule has 164 valence electrons. The smallest absolute Gasteiger partial charge is 0.243 e. The van der Waals surface area contributed by atoms with E-state index in [1.54, 1.807) is 22.5 Å². The van der Waals surface area contributed by atoms with E-state index in [4.69, 9.17) is 11.6 Å². The second kappa shape index (κ2) is 7.79. The lowest BCUT2D eigenvalue weighted by atomic mass is 9.49. The van der Waals surface area contributed by atoms with Crippen LogP contribution in [0.25, 0.3) is 0 Å². The molecule has 1 amide bonds. The highest BCUT2D eigenvalue weighted by Gasteiger charge is 2.54. The lowest BCUT2D eigenvalue weighted by molar-refractivity contribution is -0.146. The zero-order chi connectivity index (χ0) is 20.9. The van der Waals surface area contributed by atoms with Gasteiger partial charge in [0.2, 0.25) is 15.9 Å². The fraction of sp³-hybridized carbons (Fsp3) is 0.696. The van der Waals surface area contributed by atoms with Crippen LogP contribution >= 0.6 is 11.6 Å². The largest absolute Gasteiger partial charge is 0.356 e. The second-order valence-corrected chi connectivity index (χ2v) is 12.4. The average Bonchev–Trinajstić information content (AvgIpc) is 3.16. The van der Waals surface area contributed by atoms with Crippen LogP contribution in [0.15, 0.2) is 29.2 Å². The maximum atomic E-state index is 13.2. The van der Waals surface area contributed by atoms with Gasteiger partial charge in [-0.15, -0.1) is 0 Å². The summed E-state index contributed by atoms with van der Waals surface area (Å²) >= 11 is 6.01. The number of carbonyl (C=O) groups is 1. The van der Waals surface area contributed by atoms with Crippen LogP contribution in [0.4, 0.5) is 0 Å². The molecule has 1 N–H and O–H groups in total. The molecular formula is C23H31ClN2O3S. The SMILES string of the molecule is O=C(NCCC1CCCN1S(=O)(=O)c1cccc(Cl)c1)C12CC3CC(CC(C3)C1)C2. The number of hydrogen-bond donors (Lipinski definition) is 1. The molecule has 1 aromatic carbocycles. The minimum absolute atomic E-state index is 0.0642. The van der Waals surface area contributed by atoms with Crippen molar-refractivity contribution < 1.29 is 13.2 Å². The molecule has 1 atom stereocenters. The molecule has 30 heavy (non-hydrogen) atoms. The molecule has 4 saturated carbocycles. The van der Waals surface area contributed by atoms with Gasteiger partial charge in [-0.05, 0) is 93.7 Å². The molecule has 4 bridgehead atoms. The number of nitrogens with zero attached hydrogens (tertiary/aromatic N) is 1. The number of sulfonamides is 1. The van der Waals surface area contributed by atoms with Gasteiger partial charge >= 0.3 is 0 Å². The zero-order valence-corrected chi connectivity index (χ0v) is 18.9. The van der Waals surface area contributed by atoms with Gasteiger partial charge in [-0.2, -0.15) is 4.31 Å². The molecule has 0 spiro atoms. The Morgan fingerprint density at radius 2 is 1.80 bits per heavy atom. The quantitative estimate of drug-likeness (QED) is 0.705. The molecule has 5 fully saturated rings. The van der Waals surface area contributed by atoms with Gasteiger partial charge < -0.3 is 5.32 Å². The molecule has 5 aliphatic rings. The maximum absolute atomic E-state index is 13.2. The van der Waals surface area contributed by atoms with E-state index in [0.29, 0.717) is 24.5 Å². The summed E-state index contributed by atoms with van der Waals surface area (Å²) in [7, 11) is -3.56. The second-order valence-electron chi connectivity index (χ2n) is 10.1. The summed E-state index contributed by atoms with van der Waals surface area (Å²) in [5.41, 5.74) is -0.142. The van der Waals surface area contributed by atoms with Gasteiger partial charge in [-0.25, -0.2) is 8.42 Å². The summed E-state index contributed by atoms with van der Waals surface area (Å²) in [5, 5.41) is 3.63. The molecule has 0 radical (unpaired) electrons. The summed E-state index contributed by atoms with van der Waals surface area (Å²) < 4.78 is 27.8. The first-order chi connectivity index (χ1) is 14.4. The molecular weight excluding hydrogens is 420 g/mol. The fourth-order valence-electron chi connectivity index (χ4n) is 7.11. The topological polar surface area (TPSA) is 66.5 Å². The van der Waals surface area contributed by atoms with Crippen molar-refractivity contribution in [1.82, 2.24) is 9.62 Å². The Hall–Kier alpha value is -1.11.